The van der Waals surface area contributed by atoms with E-state index in [1.165, 1.54) is 29.7 Å². The van der Waals surface area contributed by atoms with Crippen molar-refractivity contribution in [3.63, 3.8) is 0 Å². The van der Waals surface area contributed by atoms with Crippen LogP contribution in [0.3, 0.4) is 0 Å². The van der Waals surface area contributed by atoms with E-state index in [9.17, 15) is 14.0 Å². The Morgan fingerprint density at radius 1 is 1.29 bits per heavy atom. The Hall–Kier alpha value is -1.99. The Morgan fingerprint density at radius 2 is 1.88 bits per heavy atom. The van der Waals surface area contributed by atoms with Crippen molar-refractivity contribution in [1.82, 2.24) is 10.8 Å². The standard InChI is InChI=1S/C10H12FN3O3/c11-7-3-1-6(2-4-7)5-13-9(15)8(12)10(16)14-17/h1-4,8,17H,5,12H2,(H,13,15)(H,14,16). The van der Waals surface area contributed by atoms with Gasteiger partial charge in [-0.15, -0.1) is 0 Å². The normalized spacial score (nSPS) is 11.7. The first kappa shape index (κ1) is 13.1. The van der Waals surface area contributed by atoms with Crippen LogP contribution >= 0.6 is 0 Å². The van der Waals surface area contributed by atoms with Crippen LogP contribution in [0.15, 0.2) is 24.3 Å². The zero-order valence-corrected chi connectivity index (χ0v) is 8.81. The lowest BCUT2D eigenvalue weighted by atomic mass is 10.2. The Balaban J connectivity index is 2.48. The predicted octanol–water partition coefficient (Wildman–Crippen LogP) is -0.725. The number of nitrogens with one attached hydrogen (secondary N) is 2. The molecule has 0 saturated carbocycles. The summed E-state index contributed by atoms with van der Waals surface area (Å²) in [7, 11) is 0. The molecule has 0 aliphatic carbocycles. The second-order valence-corrected chi connectivity index (χ2v) is 3.30. The summed E-state index contributed by atoms with van der Waals surface area (Å²) < 4.78 is 12.6. The van der Waals surface area contributed by atoms with Gasteiger partial charge in [-0.25, -0.2) is 9.87 Å². The molecule has 0 saturated heterocycles. The zero-order chi connectivity index (χ0) is 12.8. The molecule has 0 heterocycles. The van der Waals surface area contributed by atoms with Gasteiger partial charge in [-0.1, -0.05) is 12.1 Å². The number of carbonyl (C=O) groups excluding carboxylic acids is 2. The number of carbonyl (C=O) groups is 2. The van der Waals surface area contributed by atoms with Gasteiger partial charge in [-0.2, -0.15) is 0 Å². The first-order valence-corrected chi connectivity index (χ1v) is 4.76. The molecule has 92 valence electrons. The molecule has 5 N–H and O–H groups in total. The smallest absolute Gasteiger partial charge is 0.269 e. The Labute approximate surface area is 96.6 Å². The van der Waals surface area contributed by atoms with Crippen LogP contribution in [-0.4, -0.2) is 23.1 Å². The highest BCUT2D eigenvalue weighted by atomic mass is 19.1. The number of nitrogens with two attached hydrogens (primary N) is 1. The van der Waals surface area contributed by atoms with Crippen LogP contribution in [0.1, 0.15) is 5.56 Å². The van der Waals surface area contributed by atoms with E-state index in [1.54, 1.807) is 0 Å². The third kappa shape index (κ3) is 3.82. The van der Waals surface area contributed by atoms with Crippen molar-refractivity contribution in [2.75, 3.05) is 0 Å². The number of rotatable bonds is 4. The molecule has 0 bridgehead atoms. The fraction of sp³-hybridized carbons (Fsp3) is 0.200. The molecule has 0 aromatic heterocycles. The highest BCUT2D eigenvalue weighted by Gasteiger charge is 2.20. The van der Waals surface area contributed by atoms with Gasteiger partial charge in [-0.05, 0) is 17.7 Å². The van der Waals surface area contributed by atoms with Gasteiger partial charge >= 0.3 is 0 Å². The third-order valence-electron chi connectivity index (χ3n) is 2.06. The maximum Gasteiger partial charge on any atom is 0.269 e. The van der Waals surface area contributed by atoms with E-state index >= 15 is 0 Å². The Kier molecular flexibility index (Phi) is 4.56. The van der Waals surface area contributed by atoms with Gasteiger partial charge in [0.25, 0.3) is 5.91 Å². The van der Waals surface area contributed by atoms with Gasteiger partial charge in [0.2, 0.25) is 5.91 Å². The molecule has 1 aromatic carbocycles. The summed E-state index contributed by atoms with van der Waals surface area (Å²) in [6.45, 7) is 0.117. The van der Waals surface area contributed by atoms with Crippen LogP contribution in [0, 0.1) is 5.82 Å². The largest absolute Gasteiger partial charge is 0.350 e. The lowest BCUT2D eigenvalue weighted by Gasteiger charge is -2.10. The summed E-state index contributed by atoms with van der Waals surface area (Å²) >= 11 is 0. The molecule has 7 heteroatoms. The van der Waals surface area contributed by atoms with Crippen molar-refractivity contribution in [2.24, 2.45) is 5.73 Å². The summed E-state index contributed by atoms with van der Waals surface area (Å²) in [4.78, 5) is 22.1. The molecule has 17 heavy (non-hydrogen) atoms. The van der Waals surface area contributed by atoms with Gasteiger partial charge in [0, 0.05) is 6.54 Å². The fourth-order valence-corrected chi connectivity index (χ4v) is 1.09. The van der Waals surface area contributed by atoms with Crippen molar-refractivity contribution in [3.8, 4) is 0 Å². The minimum atomic E-state index is -1.49. The monoisotopic (exact) mass is 241 g/mol. The van der Waals surface area contributed by atoms with E-state index < -0.39 is 17.9 Å². The van der Waals surface area contributed by atoms with Crippen LogP contribution in [0.4, 0.5) is 4.39 Å². The highest BCUT2D eigenvalue weighted by Crippen LogP contribution is 2.01. The molecule has 0 radical (unpaired) electrons. The molecule has 1 unspecified atom stereocenters. The summed E-state index contributed by atoms with van der Waals surface area (Å²) in [6, 6.07) is 4.00. The number of benzene rings is 1. The number of hydrogen-bond acceptors (Lipinski definition) is 4. The third-order valence-corrected chi connectivity index (χ3v) is 2.06. The van der Waals surface area contributed by atoms with Crippen molar-refractivity contribution >= 4 is 11.8 Å². The Morgan fingerprint density at radius 3 is 2.41 bits per heavy atom. The van der Waals surface area contributed by atoms with Crippen molar-refractivity contribution in [1.29, 1.82) is 0 Å². The van der Waals surface area contributed by atoms with E-state index in [2.05, 4.69) is 5.32 Å². The molecule has 0 aliphatic rings. The first-order valence-electron chi connectivity index (χ1n) is 4.76. The number of amides is 2. The molecular weight excluding hydrogens is 229 g/mol. The van der Waals surface area contributed by atoms with Gasteiger partial charge in [0.15, 0.2) is 6.04 Å². The van der Waals surface area contributed by atoms with E-state index in [0.717, 1.165) is 0 Å². The van der Waals surface area contributed by atoms with Gasteiger partial charge < -0.3 is 11.1 Å². The van der Waals surface area contributed by atoms with Crippen LogP contribution in [0.5, 0.6) is 0 Å². The summed E-state index contributed by atoms with van der Waals surface area (Å²) in [5.74, 6) is -2.11. The van der Waals surface area contributed by atoms with E-state index in [4.69, 9.17) is 10.9 Å². The van der Waals surface area contributed by atoms with Crippen molar-refractivity contribution in [3.05, 3.63) is 35.6 Å². The SMILES string of the molecule is NC(C(=O)NO)C(=O)NCc1ccc(F)cc1. The van der Waals surface area contributed by atoms with Crippen LogP contribution < -0.4 is 16.5 Å². The zero-order valence-electron chi connectivity index (χ0n) is 8.81. The van der Waals surface area contributed by atoms with E-state index in [0.29, 0.717) is 5.56 Å². The lowest BCUT2D eigenvalue weighted by Crippen LogP contribution is -2.50. The fourth-order valence-electron chi connectivity index (χ4n) is 1.09. The topological polar surface area (TPSA) is 104 Å². The Bertz CT molecular complexity index is 408. The molecular formula is C10H12FN3O3. The molecule has 0 fully saturated rings. The highest BCUT2D eigenvalue weighted by molar-refractivity contribution is 6.03. The van der Waals surface area contributed by atoms with Crippen LogP contribution in [0.25, 0.3) is 0 Å². The maximum absolute atomic E-state index is 12.6. The average Bonchev–Trinajstić information content (AvgIpc) is 2.35. The minimum Gasteiger partial charge on any atom is -0.350 e. The summed E-state index contributed by atoms with van der Waals surface area (Å²) in [5.41, 5.74) is 7.16. The first-order chi connectivity index (χ1) is 8.04. The molecule has 2 amide bonds. The molecule has 1 aromatic rings. The quantitative estimate of drug-likeness (QED) is 0.317. The minimum absolute atomic E-state index is 0.117. The van der Waals surface area contributed by atoms with Gasteiger partial charge in [0.05, 0.1) is 0 Å². The molecule has 1 rings (SSSR count). The summed E-state index contributed by atoms with van der Waals surface area (Å²) in [5, 5.41) is 10.6. The molecule has 1 atom stereocenters. The predicted molar refractivity (Wildman–Crippen MR) is 56.2 cm³/mol. The molecule has 6 nitrogen and oxygen atoms in total. The number of halogens is 1. The second-order valence-electron chi connectivity index (χ2n) is 3.30. The number of hydrogen-bond donors (Lipinski definition) is 4. The second kappa shape index (κ2) is 5.92. The van der Waals surface area contributed by atoms with Crippen LogP contribution in [-0.2, 0) is 16.1 Å². The van der Waals surface area contributed by atoms with Crippen LogP contribution in [0.2, 0.25) is 0 Å². The number of hydroxylamine groups is 1. The lowest BCUT2D eigenvalue weighted by molar-refractivity contribution is -0.136. The van der Waals surface area contributed by atoms with Gasteiger partial charge in [0.1, 0.15) is 5.82 Å². The summed E-state index contributed by atoms with van der Waals surface area (Å²) in [6.07, 6.45) is 0. The molecule has 0 aliphatic heterocycles. The van der Waals surface area contributed by atoms with Crippen molar-refractivity contribution in [2.45, 2.75) is 12.6 Å². The van der Waals surface area contributed by atoms with E-state index in [1.807, 2.05) is 0 Å². The van der Waals surface area contributed by atoms with Gasteiger partial charge in [-0.3, -0.25) is 14.8 Å². The molecule has 0 spiro atoms. The maximum atomic E-state index is 12.6. The average molecular weight is 241 g/mol. The van der Waals surface area contributed by atoms with Crippen molar-refractivity contribution < 1.29 is 19.2 Å². The van der Waals surface area contributed by atoms with E-state index in [-0.39, 0.29) is 12.4 Å².